The minimum atomic E-state index is -1.31. The van der Waals surface area contributed by atoms with Crippen LogP contribution in [0.1, 0.15) is 13.3 Å². The fourth-order valence-electron chi connectivity index (χ4n) is 0.564. The van der Waals surface area contributed by atoms with E-state index in [0.29, 0.717) is 6.42 Å². The molecule has 0 aliphatic carbocycles. The first-order valence-corrected chi connectivity index (χ1v) is 3.06. The molecule has 0 fully saturated rings. The van der Waals surface area contributed by atoms with Crippen LogP contribution in [0.5, 0.6) is 0 Å². The molecule has 0 spiro atoms. The summed E-state index contributed by atoms with van der Waals surface area (Å²) in [5.74, 6) is 0. The van der Waals surface area contributed by atoms with E-state index >= 15 is 0 Å². The number of hydrogen-bond donors (Lipinski definition) is 1. The Balaban J connectivity index is 3.62. The van der Waals surface area contributed by atoms with Crippen molar-refractivity contribution < 1.29 is 9.13 Å². The summed E-state index contributed by atoms with van der Waals surface area (Å²) in [4.78, 5) is 0. The lowest BCUT2D eigenvalue weighted by Gasteiger charge is -2.19. The van der Waals surface area contributed by atoms with Crippen molar-refractivity contribution in [3.05, 3.63) is 0 Å². The first kappa shape index (κ1) is 8.85. The molecular formula is C6H14FNO. The minimum absolute atomic E-state index is 0.0390. The van der Waals surface area contributed by atoms with Gasteiger partial charge in [-0.3, -0.25) is 0 Å². The minimum Gasteiger partial charge on any atom is -0.381 e. The Morgan fingerprint density at radius 3 is 2.33 bits per heavy atom. The molecule has 0 aliphatic rings. The summed E-state index contributed by atoms with van der Waals surface area (Å²) in [5, 5.41) is 0. The number of halogens is 1. The van der Waals surface area contributed by atoms with Gasteiger partial charge in [-0.25, -0.2) is 4.39 Å². The first-order chi connectivity index (χ1) is 4.18. The Morgan fingerprint density at radius 2 is 2.22 bits per heavy atom. The van der Waals surface area contributed by atoms with Gasteiger partial charge in [-0.1, -0.05) is 6.92 Å². The Kier molecular flexibility index (Phi) is 3.73. The Bertz CT molecular complexity index is 73.5. The summed E-state index contributed by atoms with van der Waals surface area (Å²) in [6, 6.07) is 0. The molecule has 56 valence electrons. The second-order valence-electron chi connectivity index (χ2n) is 2.14. The van der Waals surface area contributed by atoms with Gasteiger partial charge >= 0.3 is 0 Å². The summed E-state index contributed by atoms with van der Waals surface area (Å²) in [7, 11) is 1.47. The van der Waals surface area contributed by atoms with Crippen molar-refractivity contribution in [2.45, 2.75) is 19.0 Å². The Hall–Kier alpha value is -0.150. The molecular weight excluding hydrogens is 121 g/mol. The van der Waals surface area contributed by atoms with E-state index in [4.69, 9.17) is 5.73 Å². The van der Waals surface area contributed by atoms with E-state index in [1.807, 2.05) is 0 Å². The molecule has 0 aromatic carbocycles. The van der Waals surface area contributed by atoms with Crippen LogP contribution in [0, 0.1) is 0 Å². The van der Waals surface area contributed by atoms with Crippen LogP contribution in [0.4, 0.5) is 4.39 Å². The van der Waals surface area contributed by atoms with E-state index in [1.165, 1.54) is 7.11 Å². The smallest absolute Gasteiger partial charge is 0.146 e. The van der Waals surface area contributed by atoms with Gasteiger partial charge in [0.05, 0.1) is 6.61 Å². The summed E-state index contributed by atoms with van der Waals surface area (Å²) in [6.07, 6.45) is 0.414. The molecule has 0 heterocycles. The van der Waals surface area contributed by atoms with Crippen LogP contribution in [0.2, 0.25) is 0 Å². The fourth-order valence-corrected chi connectivity index (χ4v) is 0.564. The van der Waals surface area contributed by atoms with Crippen LogP contribution in [-0.2, 0) is 4.74 Å². The second kappa shape index (κ2) is 3.80. The van der Waals surface area contributed by atoms with E-state index in [1.54, 1.807) is 6.92 Å². The monoisotopic (exact) mass is 135 g/mol. The maximum Gasteiger partial charge on any atom is 0.146 e. The number of alkyl halides is 1. The first-order valence-electron chi connectivity index (χ1n) is 3.06. The molecule has 1 unspecified atom stereocenters. The van der Waals surface area contributed by atoms with Crippen molar-refractivity contribution in [2.75, 3.05) is 20.3 Å². The summed E-state index contributed by atoms with van der Waals surface area (Å²) in [6.45, 7) is 1.89. The van der Waals surface area contributed by atoms with Crippen molar-refractivity contribution in [3.8, 4) is 0 Å². The summed E-state index contributed by atoms with van der Waals surface area (Å²) in [5.41, 5.74) is 3.84. The zero-order valence-corrected chi connectivity index (χ0v) is 5.98. The fraction of sp³-hybridized carbons (Fsp3) is 1.00. The molecule has 9 heavy (non-hydrogen) atoms. The number of nitrogens with two attached hydrogens (primary N) is 1. The third-order valence-electron chi connectivity index (χ3n) is 1.40. The zero-order valence-electron chi connectivity index (χ0n) is 5.98. The van der Waals surface area contributed by atoms with Crippen LogP contribution in [0.15, 0.2) is 0 Å². The third kappa shape index (κ3) is 2.77. The number of hydrogen-bond acceptors (Lipinski definition) is 2. The van der Waals surface area contributed by atoms with Gasteiger partial charge in [0.25, 0.3) is 0 Å². The zero-order chi connectivity index (χ0) is 7.33. The molecule has 0 amide bonds. The lowest BCUT2D eigenvalue weighted by atomic mass is 10.1. The number of methoxy groups -OCH3 is 1. The highest BCUT2D eigenvalue weighted by molar-refractivity contribution is 4.77. The predicted octanol–water partition coefficient (Wildman–Crippen LogP) is 0.710. The van der Waals surface area contributed by atoms with Crippen LogP contribution in [-0.4, -0.2) is 25.9 Å². The van der Waals surface area contributed by atoms with E-state index in [2.05, 4.69) is 4.74 Å². The van der Waals surface area contributed by atoms with Gasteiger partial charge in [0.1, 0.15) is 5.67 Å². The van der Waals surface area contributed by atoms with Gasteiger partial charge in [-0.05, 0) is 6.42 Å². The third-order valence-corrected chi connectivity index (χ3v) is 1.40. The van der Waals surface area contributed by atoms with Crippen LogP contribution < -0.4 is 5.73 Å². The van der Waals surface area contributed by atoms with Crippen LogP contribution in [0.3, 0.4) is 0 Å². The van der Waals surface area contributed by atoms with E-state index in [9.17, 15) is 4.39 Å². The highest BCUT2D eigenvalue weighted by atomic mass is 19.1. The largest absolute Gasteiger partial charge is 0.381 e. The lowest BCUT2D eigenvalue weighted by Crippen LogP contribution is -2.36. The molecule has 3 heteroatoms. The average molecular weight is 135 g/mol. The van der Waals surface area contributed by atoms with Gasteiger partial charge in [0.2, 0.25) is 0 Å². The SMILES string of the molecule is CCC(F)(CN)COC. The van der Waals surface area contributed by atoms with E-state index in [0.717, 1.165) is 0 Å². The summed E-state index contributed by atoms with van der Waals surface area (Å²) < 4.78 is 17.6. The van der Waals surface area contributed by atoms with Crippen LogP contribution in [0.25, 0.3) is 0 Å². The second-order valence-corrected chi connectivity index (χ2v) is 2.14. The molecule has 0 aromatic heterocycles. The van der Waals surface area contributed by atoms with Crippen molar-refractivity contribution in [1.82, 2.24) is 0 Å². The van der Waals surface area contributed by atoms with Crippen molar-refractivity contribution >= 4 is 0 Å². The maximum atomic E-state index is 13.0. The molecule has 1 atom stereocenters. The van der Waals surface area contributed by atoms with Crippen LogP contribution >= 0.6 is 0 Å². The van der Waals surface area contributed by atoms with Crippen molar-refractivity contribution in [1.29, 1.82) is 0 Å². The highest BCUT2D eigenvalue weighted by Gasteiger charge is 2.24. The Morgan fingerprint density at radius 1 is 1.67 bits per heavy atom. The highest BCUT2D eigenvalue weighted by Crippen LogP contribution is 2.13. The Labute approximate surface area is 55.2 Å². The molecule has 0 rings (SSSR count). The van der Waals surface area contributed by atoms with E-state index < -0.39 is 5.67 Å². The molecule has 0 saturated heterocycles. The molecule has 0 aliphatic heterocycles. The normalized spacial score (nSPS) is 17.3. The molecule has 2 N–H and O–H groups in total. The van der Waals surface area contributed by atoms with Crippen molar-refractivity contribution in [3.63, 3.8) is 0 Å². The molecule has 0 saturated carbocycles. The van der Waals surface area contributed by atoms with Crippen molar-refractivity contribution in [2.24, 2.45) is 5.73 Å². The number of ether oxygens (including phenoxy) is 1. The number of rotatable bonds is 4. The topological polar surface area (TPSA) is 35.2 Å². The molecule has 0 aromatic rings. The van der Waals surface area contributed by atoms with Gasteiger partial charge < -0.3 is 10.5 Å². The quantitative estimate of drug-likeness (QED) is 0.616. The predicted molar refractivity (Wildman–Crippen MR) is 35.1 cm³/mol. The van der Waals surface area contributed by atoms with Gasteiger partial charge in [-0.15, -0.1) is 0 Å². The maximum absolute atomic E-state index is 13.0. The van der Waals surface area contributed by atoms with E-state index in [-0.39, 0.29) is 13.2 Å². The lowest BCUT2D eigenvalue weighted by molar-refractivity contribution is 0.0445. The molecule has 0 radical (unpaired) electrons. The van der Waals surface area contributed by atoms with Gasteiger partial charge in [0, 0.05) is 13.7 Å². The standard InChI is InChI=1S/C6H14FNO/c1-3-6(7,4-8)5-9-2/h3-5,8H2,1-2H3. The molecule has 2 nitrogen and oxygen atoms in total. The van der Waals surface area contributed by atoms with Gasteiger partial charge in [-0.2, -0.15) is 0 Å². The average Bonchev–Trinajstić information content (AvgIpc) is 1.89. The molecule has 0 bridgehead atoms. The summed E-state index contributed by atoms with van der Waals surface area (Å²) >= 11 is 0. The van der Waals surface area contributed by atoms with Gasteiger partial charge in [0.15, 0.2) is 0 Å².